The monoisotopic (exact) mass is 352 g/mol. The van der Waals surface area contributed by atoms with E-state index in [1.165, 1.54) is 11.3 Å². The lowest BCUT2D eigenvalue weighted by molar-refractivity contribution is 0.384. The minimum Gasteiger partial charge on any atom is -0.313 e. The van der Waals surface area contributed by atoms with Crippen molar-refractivity contribution in [2.45, 2.75) is 30.0 Å². The molecule has 7 heteroatoms. The maximum atomic E-state index is 12.5. The number of sulfonamides is 1. The molecule has 1 N–H and O–H groups in total. The molecule has 1 aromatic rings. The van der Waals surface area contributed by atoms with E-state index in [2.05, 4.69) is 21.2 Å². The largest absolute Gasteiger partial charge is 0.313 e. The Bertz CT molecular complexity index is 495. The molecule has 1 saturated heterocycles. The Labute approximate surface area is 121 Å². The third-order valence-electron chi connectivity index (χ3n) is 3.08. The highest BCUT2D eigenvalue weighted by Crippen LogP contribution is 2.28. The number of thiophene rings is 1. The van der Waals surface area contributed by atoms with E-state index < -0.39 is 10.0 Å². The summed E-state index contributed by atoms with van der Waals surface area (Å²) in [6.45, 7) is 3.95. The summed E-state index contributed by atoms with van der Waals surface area (Å²) in [5, 5.41) is 3.34. The Kier molecular flexibility index (Phi) is 4.82. The topological polar surface area (TPSA) is 49.4 Å². The maximum Gasteiger partial charge on any atom is 0.252 e. The van der Waals surface area contributed by atoms with Crippen LogP contribution in [0, 0.1) is 0 Å². The SMILES string of the molecule is CCN(CC1CCCN1)S(=O)(=O)c1ccc(Br)s1. The second-order valence-corrected chi connectivity index (χ2v) is 8.94. The molecule has 0 radical (unpaired) electrons. The van der Waals surface area contributed by atoms with Gasteiger partial charge in [-0.25, -0.2) is 8.42 Å². The Morgan fingerprint density at radius 1 is 1.56 bits per heavy atom. The highest BCUT2D eigenvalue weighted by molar-refractivity contribution is 9.11. The van der Waals surface area contributed by atoms with Crippen molar-refractivity contribution in [1.82, 2.24) is 9.62 Å². The van der Waals surface area contributed by atoms with Crippen LogP contribution in [-0.2, 0) is 10.0 Å². The van der Waals surface area contributed by atoms with E-state index in [1.54, 1.807) is 16.4 Å². The van der Waals surface area contributed by atoms with Gasteiger partial charge in [0.1, 0.15) is 4.21 Å². The molecule has 1 aliphatic heterocycles. The zero-order valence-corrected chi connectivity index (χ0v) is 13.4. The molecule has 4 nitrogen and oxygen atoms in total. The normalized spacial score (nSPS) is 20.7. The molecule has 0 bridgehead atoms. The smallest absolute Gasteiger partial charge is 0.252 e. The summed E-state index contributed by atoms with van der Waals surface area (Å²) in [6.07, 6.45) is 2.19. The second kappa shape index (κ2) is 6.00. The summed E-state index contributed by atoms with van der Waals surface area (Å²) in [4.78, 5) is 0. The van der Waals surface area contributed by atoms with Crippen LogP contribution >= 0.6 is 27.3 Å². The van der Waals surface area contributed by atoms with Crippen LogP contribution in [0.1, 0.15) is 19.8 Å². The molecular formula is C11H17BrN2O2S2. The van der Waals surface area contributed by atoms with Crippen molar-refractivity contribution in [2.75, 3.05) is 19.6 Å². The summed E-state index contributed by atoms with van der Waals surface area (Å²) in [6, 6.07) is 3.73. The highest BCUT2D eigenvalue weighted by Gasteiger charge is 2.28. The van der Waals surface area contributed by atoms with E-state index in [4.69, 9.17) is 0 Å². The lowest BCUT2D eigenvalue weighted by atomic mass is 10.2. The van der Waals surface area contributed by atoms with E-state index in [1.807, 2.05) is 6.92 Å². The molecule has 1 fully saturated rings. The minimum absolute atomic E-state index is 0.295. The molecule has 18 heavy (non-hydrogen) atoms. The first kappa shape index (κ1) is 14.5. The van der Waals surface area contributed by atoms with Gasteiger partial charge < -0.3 is 5.32 Å². The first-order valence-corrected chi connectivity index (χ1v) is 9.08. The molecule has 0 aliphatic carbocycles. The van der Waals surface area contributed by atoms with E-state index in [0.717, 1.165) is 23.2 Å². The average Bonchev–Trinajstić information content (AvgIpc) is 2.96. The molecule has 2 rings (SSSR count). The fourth-order valence-corrected chi connectivity index (χ4v) is 5.78. The third kappa shape index (κ3) is 3.14. The van der Waals surface area contributed by atoms with Gasteiger partial charge in [0.25, 0.3) is 10.0 Å². The molecule has 0 amide bonds. The second-order valence-electron chi connectivity index (χ2n) is 4.31. The molecule has 102 valence electrons. The Morgan fingerprint density at radius 2 is 2.33 bits per heavy atom. The number of halogens is 1. The van der Waals surface area contributed by atoms with Crippen LogP contribution in [0.3, 0.4) is 0 Å². The van der Waals surface area contributed by atoms with Gasteiger partial charge >= 0.3 is 0 Å². The summed E-state index contributed by atoms with van der Waals surface area (Å²) in [7, 11) is -3.34. The van der Waals surface area contributed by atoms with Crippen LogP contribution in [0.4, 0.5) is 0 Å². The molecule has 0 spiro atoms. The van der Waals surface area contributed by atoms with Gasteiger partial charge in [-0.1, -0.05) is 6.92 Å². The van der Waals surface area contributed by atoms with Crippen molar-refractivity contribution in [3.05, 3.63) is 15.9 Å². The average molecular weight is 353 g/mol. The van der Waals surface area contributed by atoms with Crippen molar-refractivity contribution in [3.63, 3.8) is 0 Å². The van der Waals surface area contributed by atoms with E-state index >= 15 is 0 Å². The van der Waals surface area contributed by atoms with Gasteiger partial charge in [0.15, 0.2) is 0 Å². The van der Waals surface area contributed by atoms with E-state index in [-0.39, 0.29) is 0 Å². The Hall–Kier alpha value is 0.0500. The molecule has 1 unspecified atom stereocenters. The van der Waals surface area contributed by atoms with Gasteiger partial charge in [0.05, 0.1) is 3.79 Å². The van der Waals surface area contributed by atoms with Crippen molar-refractivity contribution in [1.29, 1.82) is 0 Å². The Morgan fingerprint density at radius 3 is 2.83 bits per heavy atom. The summed E-state index contributed by atoms with van der Waals surface area (Å²) in [5.41, 5.74) is 0. The minimum atomic E-state index is -3.34. The van der Waals surface area contributed by atoms with Crippen molar-refractivity contribution in [2.24, 2.45) is 0 Å². The predicted octanol–water partition coefficient (Wildman–Crippen LogP) is 2.27. The molecular weight excluding hydrogens is 336 g/mol. The number of hydrogen-bond donors (Lipinski definition) is 1. The molecule has 1 aliphatic rings. The zero-order chi connectivity index (χ0) is 13.2. The fraction of sp³-hybridized carbons (Fsp3) is 0.636. The van der Waals surface area contributed by atoms with Crippen molar-refractivity contribution in [3.8, 4) is 0 Å². The van der Waals surface area contributed by atoms with Crippen LogP contribution in [0.25, 0.3) is 0 Å². The molecule has 1 atom stereocenters. The van der Waals surface area contributed by atoms with Gasteiger partial charge in [-0.15, -0.1) is 11.3 Å². The van der Waals surface area contributed by atoms with Crippen LogP contribution in [0.5, 0.6) is 0 Å². The van der Waals surface area contributed by atoms with Crippen LogP contribution in [0.15, 0.2) is 20.1 Å². The highest BCUT2D eigenvalue weighted by atomic mass is 79.9. The van der Waals surface area contributed by atoms with Crippen molar-refractivity contribution >= 4 is 37.3 Å². The number of nitrogens with zero attached hydrogens (tertiary/aromatic N) is 1. The summed E-state index contributed by atoms with van der Waals surface area (Å²) < 4.78 is 27.7. The molecule has 0 aromatic carbocycles. The van der Waals surface area contributed by atoms with E-state index in [9.17, 15) is 8.42 Å². The third-order valence-corrected chi connectivity index (χ3v) is 7.11. The van der Waals surface area contributed by atoms with Gasteiger partial charge in [-0.3, -0.25) is 0 Å². The van der Waals surface area contributed by atoms with Crippen LogP contribution in [0.2, 0.25) is 0 Å². The fourth-order valence-electron chi connectivity index (χ4n) is 2.12. The maximum absolute atomic E-state index is 12.5. The Balaban J connectivity index is 2.15. The van der Waals surface area contributed by atoms with Gasteiger partial charge in [0, 0.05) is 19.1 Å². The molecule has 2 heterocycles. The standard InChI is InChI=1S/C11H17BrN2O2S2/c1-2-14(8-9-4-3-7-13-9)18(15,16)11-6-5-10(12)17-11/h5-6,9,13H,2-4,7-8H2,1H3. The van der Waals surface area contributed by atoms with Gasteiger partial charge in [0.2, 0.25) is 0 Å². The lowest BCUT2D eigenvalue weighted by Gasteiger charge is -2.23. The van der Waals surface area contributed by atoms with Crippen molar-refractivity contribution < 1.29 is 8.42 Å². The predicted molar refractivity (Wildman–Crippen MR) is 77.5 cm³/mol. The number of rotatable bonds is 5. The number of nitrogens with one attached hydrogen (secondary N) is 1. The van der Waals surface area contributed by atoms with Gasteiger partial charge in [-0.2, -0.15) is 4.31 Å². The summed E-state index contributed by atoms with van der Waals surface area (Å²) >= 11 is 4.57. The van der Waals surface area contributed by atoms with Crippen LogP contribution in [-0.4, -0.2) is 38.4 Å². The lowest BCUT2D eigenvalue weighted by Crippen LogP contribution is -2.40. The van der Waals surface area contributed by atoms with Crippen LogP contribution < -0.4 is 5.32 Å². The molecule has 0 saturated carbocycles. The first-order valence-electron chi connectivity index (χ1n) is 6.03. The van der Waals surface area contributed by atoms with E-state index in [0.29, 0.717) is 23.3 Å². The number of likely N-dealkylation sites (N-methyl/N-ethyl adjacent to an activating group) is 1. The quantitative estimate of drug-likeness (QED) is 0.884. The van der Waals surface area contributed by atoms with Gasteiger partial charge in [-0.05, 0) is 47.4 Å². The zero-order valence-electron chi connectivity index (χ0n) is 10.2. The summed E-state index contributed by atoms with van der Waals surface area (Å²) in [5.74, 6) is 0. The molecule has 1 aromatic heterocycles. The number of hydrogen-bond acceptors (Lipinski definition) is 4. The first-order chi connectivity index (χ1) is 8.54.